The van der Waals surface area contributed by atoms with Gasteiger partial charge in [-0.1, -0.05) is 13.3 Å². The fourth-order valence-electron chi connectivity index (χ4n) is 2.77. The third-order valence-electron chi connectivity index (χ3n) is 4.00. The molecular formula is C13H21N3S. The Morgan fingerprint density at radius 1 is 1.41 bits per heavy atom. The Kier molecular flexibility index (Phi) is 3.34. The fraction of sp³-hybridized carbons (Fsp3) is 0.769. The third kappa shape index (κ3) is 2.33. The minimum Gasteiger partial charge on any atom is -0.346 e. The highest BCUT2D eigenvalue weighted by Gasteiger charge is 2.23. The van der Waals surface area contributed by atoms with Crippen molar-refractivity contribution in [2.24, 2.45) is 5.92 Å². The number of nitrogens with zero attached hydrogens (tertiary/aromatic N) is 2. The lowest BCUT2D eigenvalue weighted by Gasteiger charge is -2.26. The lowest BCUT2D eigenvalue weighted by molar-refractivity contribution is 0.446. The minimum absolute atomic E-state index is 0.902. The van der Waals surface area contributed by atoms with E-state index in [9.17, 15) is 0 Å². The Morgan fingerprint density at radius 2 is 2.24 bits per heavy atom. The average Bonchev–Trinajstić information content (AvgIpc) is 2.82. The van der Waals surface area contributed by atoms with Gasteiger partial charge in [0.25, 0.3) is 0 Å². The number of nitrogens with one attached hydrogen (secondary N) is 1. The highest BCUT2D eigenvalue weighted by Crippen LogP contribution is 2.34. The van der Waals surface area contributed by atoms with Gasteiger partial charge in [0.2, 0.25) is 0 Å². The molecule has 1 unspecified atom stereocenters. The van der Waals surface area contributed by atoms with Crippen LogP contribution >= 0.6 is 11.3 Å². The van der Waals surface area contributed by atoms with Crippen molar-refractivity contribution in [2.45, 2.75) is 32.6 Å². The molecule has 1 atom stereocenters. The van der Waals surface area contributed by atoms with Crippen molar-refractivity contribution in [3.8, 4) is 0 Å². The maximum absolute atomic E-state index is 4.86. The van der Waals surface area contributed by atoms with Crippen LogP contribution < -0.4 is 10.2 Å². The molecule has 1 aliphatic carbocycles. The van der Waals surface area contributed by atoms with Gasteiger partial charge >= 0.3 is 0 Å². The van der Waals surface area contributed by atoms with E-state index in [0.29, 0.717) is 0 Å². The summed E-state index contributed by atoms with van der Waals surface area (Å²) >= 11 is 1.95. The summed E-state index contributed by atoms with van der Waals surface area (Å²) in [4.78, 5) is 8.87. The van der Waals surface area contributed by atoms with Crippen LogP contribution in [-0.4, -0.2) is 31.2 Å². The van der Waals surface area contributed by atoms with Crippen LogP contribution in [0.25, 0.3) is 0 Å². The second-order valence-electron chi connectivity index (χ2n) is 5.12. The summed E-state index contributed by atoms with van der Waals surface area (Å²) in [5, 5.41) is 4.67. The standard InChI is InChI=1S/C13H21N3S/c1-2-10-3-4-11-12(9-10)17-13(15-11)16-7-5-14-6-8-16/h10,14H,2-9H2,1H3. The summed E-state index contributed by atoms with van der Waals surface area (Å²) in [5.41, 5.74) is 1.40. The number of hydrogen-bond donors (Lipinski definition) is 1. The lowest BCUT2D eigenvalue weighted by atomic mass is 9.89. The van der Waals surface area contributed by atoms with Gasteiger partial charge in [-0.15, -0.1) is 11.3 Å². The van der Waals surface area contributed by atoms with Crippen molar-refractivity contribution in [1.29, 1.82) is 0 Å². The van der Waals surface area contributed by atoms with E-state index >= 15 is 0 Å². The average molecular weight is 251 g/mol. The van der Waals surface area contributed by atoms with Gasteiger partial charge < -0.3 is 10.2 Å². The summed E-state index contributed by atoms with van der Waals surface area (Å²) in [6, 6.07) is 0. The second kappa shape index (κ2) is 4.94. The van der Waals surface area contributed by atoms with Gasteiger partial charge in [0.1, 0.15) is 0 Å². The van der Waals surface area contributed by atoms with Crippen LogP contribution in [0.4, 0.5) is 5.13 Å². The largest absolute Gasteiger partial charge is 0.346 e. The molecule has 4 heteroatoms. The molecule has 2 aliphatic rings. The highest BCUT2D eigenvalue weighted by atomic mass is 32.1. The lowest BCUT2D eigenvalue weighted by Crippen LogP contribution is -2.43. The van der Waals surface area contributed by atoms with Gasteiger partial charge in [-0.3, -0.25) is 0 Å². The fourth-order valence-corrected chi connectivity index (χ4v) is 4.04. The van der Waals surface area contributed by atoms with E-state index in [-0.39, 0.29) is 0 Å². The first kappa shape index (κ1) is 11.5. The molecule has 1 aromatic rings. The molecule has 1 saturated heterocycles. The Morgan fingerprint density at radius 3 is 3.00 bits per heavy atom. The number of rotatable bonds is 2. The molecule has 94 valence electrons. The van der Waals surface area contributed by atoms with Crippen molar-refractivity contribution in [3.05, 3.63) is 10.6 Å². The molecule has 1 N–H and O–H groups in total. The van der Waals surface area contributed by atoms with Gasteiger partial charge in [0.05, 0.1) is 5.69 Å². The van der Waals surface area contributed by atoms with Crippen molar-refractivity contribution < 1.29 is 0 Å². The van der Waals surface area contributed by atoms with E-state index in [1.165, 1.54) is 36.5 Å². The van der Waals surface area contributed by atoms with E-state index in [0.717, 1.165) is 32.1 Å². The van der Waals surface area contributed by atoms with Crippen molar-refractivity contribution in [1.82, 2.24) is 10.3 Å². The van der Waals surface area contributed by atoms with Crippen LogP contribution in [0.2, 0.25) is 0 Å². The zero-order valence-electron chi connectivity index (χ0n) is 10.5. The first-order chi connectivity index (χ1) is 8.36. The van der Waals surface area contributed by atoms with Crippen molar-refractivity contribution in [3.63, 3.8) is 0 Å². The molecule has 2 heterocycles. The van der Waals surface area contributed by atoms with E-state index in [2.05, 4.69) is 17.1 Å². The minimum atomic E-state index is 0.902. The molecule has 0 amide bonds. The topological polar surface area (TPSA) is 28.2 Å². The number of fused-ring (bicyclic) bond motifs is 1. The van der Waals surface area contributed by atoms with Gasteiger partial charge in [-0.2, -0.15) is 0 Å². The summed E-state index contributed by atoms with van der Waals surface area (Å²) in [7, 11) is 0. The first-order valence-electron chi connectivity index (χ1n) is 6.81. The molecule has 0 spiro atoms. The Labute approximate surface area is 107 Å². The van der Waals surface area contributed by atoms with Gasteiger partial charge in [-0.25, -0.2) is 4.98 Å². The summed E-state index contributed by atoms with van der Waals surface area (Å²) < 4.78 is 0. The Balaban J connectivity index is 1.77. The molecule has 0 radical (unpaired) electrons. The van der Waals surface area contributed by atoms with Gasteiger partial charge in [0.15, 0.2) is 5.13 Å². The maximum Gasteiger partial charge on any atom is 0.185 e. The number of aromatic nitrogens is 1. The quantitative estimate of drug-likeness (QED) is 0.872. The second-order valence-corrected chi connectivity index (χ2v) is 6.18. The molecular weight excluding hydrogens is 230 g/mol. The Hall–Kier alpha value is -0.610. The van der Waals surface area contributed by atoms with Crippen LogP contribution in [0.3, 0.4) is 0 Å². The molecule has 17 heavy (non-hydrogen) atoms. The van der Waals surface area contributed by atoms with Crippen LogP contribution in [0, 0.1) is 5.92 Å². The first-order valence-corrected chi connectivity index (χ1v) is 7.62. The number of aryl methyl sites for hydroxylation is 1. The van der Waals surface area contributed by atoms with Crippen LogP contribution in [0.5, 0.6) is 0 Å². The van der Waals surface area contributed by atoms with E-state index in [4.69, 9.17) is 4.98 Å². The number of anilines is 1. The molecule has 1 aromatic heterocycles. The number of hydrogen-bond acceptors (Lipinski definition) is 4. The SMILES string of the molecule is CCC1CCc2nc(N3CCNCC3)sc2C1. The molecule has 0 saturated carbocycles. The normalized spacial score (nSPS) is 24.8. The van der Waals surface area contributed by atoms with Gasteiger partial charge in [-0.05, 0) is 25.2 Å². The summed E-state index contributed by atoms with van der Waals surface area (Å²) in [6.07, 6.45) is 5.14. The smallest absolute Gasteiger partial charge is 0.185 e. The monoisotopic (exact) mass is 251 g/mol. The van der Waals surface area contributed by atoms with Crippen molar-refractivity contribution in [2.75, 3.05) is 31.1 Å². The molecule has 3 rings (SSSR count). The molecule has 0 bridgehead atoms. The number of piperazine rings is 1. The third-order valence-corrected chi connectivity index (χ3v) is 5.18. The van der Waals surface area contributed by atoms with Crippen molar-refractivity contribution >= 4 is 16.5 Å². The maximum atomic E-state index is 4.86. The van der Waals surface area contributed by atoms with Crippen LogP contribution in [0.15, 0.2) is 0 Å². The predicted octanol–water partition coefficient (Wildman–Crippen LogP) is 2.07. The highest BCUT2D eigenvalue weighted by molar-refractivity contribution is 7.15. The van der Waals surface area contributed by atoms with Gasteiger partial charge in [0, 0.05) is 31.1 Å². The molecule has 1 fully saturated rings. The van der Waals surface area contributed by atoms with E-state index in [1.54, 1.807) is 4.88 Å². The molecule has 3 nitrogen and oxygen atoms in total. The predicted molar refractivity (Wildman–Crippen MR) is 73.0 cm³/mol. The van der Waals surface area contributed by atoms with E-state index in [1.807, 2.05) is 11.3 Å². The zero-order chi connectivity index (χ0) is 11.7. The van der Waals surface area contributed by atoms with Crippen LogP contribution in [0.1, 0.15) is 30.3 Å². The zero-order valence-corrected chi connectivity index (χ0v) is 11.4. The number of thiazole rings is 1. The molecule has 1 aliphatic heterocycles. The van der Waals surface area contributed by atoms with Crippen LogP contribution in [-0.2, 0) is 12.8 Å². The summed E-state index contributed by atoms with van der Waals surface area (Å²) in [5.74, 6) is 0.902. The summed E-state index contributed by atoms with van der Waals surface area (Å²) in [6.45, 7) is 6.74. The Bertz CT molecular complexity index is 382. The molecule has 0 aromatic carbocycles. The van der Waals surface area contributed by atoms with E-state index < -0.39 is 0 Å².